The van der Waals surface area contributed by atoms with Gasteiger partial charge in [-0.2, -0.15) is 0 Å². The minimum atomic E-state index is -0.754. The second-order valence-electron chi connectivity index (χ2n) is 3.99. The first-order valence-corrected chi connectivity index (χ1v) is 7.11. The number of ether oxygens (including phenoxy) is 2. The van der Waals surface area contributed by atoms with Crippen LogP contribution in [0.25, 0.3) is 6.08 Å². The molecule has 4 nitrogen and oxygen atoms in total. The molecule has 1 unspecified atom stereocenters. The SMILES string of the molecule is CSc1ccc(C=CC(=O)OC2CCOC2=O)cc1. The summed E-state index contributed by atoms with van der Waals surface area (Å²) in [4.78, 5) is 23.8. The number of benzene rings is 1. The molecule has 1 heterocycles. The number of hydrogen-bond acceptors (Lipinski definition) is 5. The van der Waals surface area contributed by atoms with Crippen LogP contribution in [0.5, 0.6) is 0 Å². The van der Waals surface area contributed by atoms with Crippen molar-refractivity contribution in [3.63, 3.8) is 0 Å². The summed E-state index contributed by atoms with van der Waals surface area (Å²) in [5, 5.41) is 0. The Balaban J connectivity index is 1.90. The third-order valence-corrected chi connectivity index (χ3v) is 3.42. The lowest BCUT2D eigenvalue weighted by atomic mass is 10.2. The average Bonchev–Trinajstić information content (AvgIpc) is 2.82. The summed E-state index contributed by atoms with van der Waals surface area (Å²) >= 11 is 1.66. The number of hydrogen-bond donors (Lipinski definition) is 0. The third-order valence-electron chi connectivity index (χ3n) is 2.67. The van der Waals surface area contributed by atoms with Gasteiger partial charge in [-0.05, 0) is 30.0 Å². The van der Waals surface area contributed by atoms with Crippen LogP contribution in [0.15, 0.2) is 35.2 Å². The van der Waals surface area contributed by atoms with Gasteiger partial charge in [0.1, 0.15) is 0 Å². The number of thioether (sulfide) groups is 1. The van der Waals surface area contributed by atoms with E-state index in [4.69, 9.17) is 9.47 Å². The van der Waals surface area contributed by atoms with E-state index < -0.39 is 18.0 Å². The molecule has 0 aliphatic carbocycles. The molecule has 0 amide bonds. The number of carbonyl (C=O) groups is 2. The fourth-order valence-corrected chi connectivity index (χ4v) is 2.05. The highest BCUT2D eigenvalue weighted by molar-refractivity contribution is 7.98. The second kappa shape index (κ2) is 6.43. The Kier molecular flexibility index (Phi) is 4.63. The van der Waals surface area contributed by atoms with Gasteiger partial charge in [0.05, 0.1) is 6.61 Å². The van der Waals surface area contributed by atoms with Crippen LogP contribution in [0, 0.1) is 0 Å². The molecule has 1 fully saturated rings. The van der Waals surface area contributed by atoms with Crippen LogP contribution in [-0.4, -0.2) is 30.9 Å². The molecule has 0 N–H and O–H groups in total. The van der Waals surface area contributed by atoms with Crippen LogP contribution in [0.1, 0.15) is 12.0 Å². The summed E-state index contributed by atoms with van der Waals surface area (Å²) < 4.78 is 9.70. The van der Waals surface area contributed by atoms with E-state index in [0.29, 0.717) is 13.0 Å². The van der Waals surface area contributed by atoms with Gasteiger partial charge in [0.2, 0.25) is 6.10 Å². The Morgan fingerprint density at radius 2 is 2.16 bits per heavy atom. The smallest absolute Gasteiger partial charge is 0.347 e. The lowest BCUT2D eigenvalue weighted by Gasteiger charge is -2.05. The molecule has 1 aliphatic rings. The summed E-state index contributed by atoms with van der Waals surface area (Å²) in [6.45, 7) is 0.316. The summed E-state index contributed by atoms with van der Waals surface area (Å²) in [6, 6.07) is 7.78. The first-order chi connectivity index (χ1) is 9.19. The average molecular weight is 278 g/mol. The molecular formula is C14H14O4S. The zero-order chi connectivity index (χ0) is 13.7. The van der Waals surface area contributed by atoms with E-state index >= 15 is 0 Å². The highest BCUT2D eigenvalue weighted by Crippen LogP contribution is 2.16. The van der Waals surface area contributed by atoms with E-state index in [1.165, 1.54) is 6.08 Å². The first kappa shape index (κ1) is 13.7. The van der Waals surface area contributed by atoms with Crippen LogP contribution in [0.4, 0.5) is 0 Å². The van der Waals surface area contributed by atoms with Crippen molar-refractivity contribution in [1.29, 1.82) is 0 Å². The molecule has 5 heteroatoms. The quantitative estimate of drug-likeness (QED) is 0.480. The van der Waals surface area contributed by atoms with Gasteiger partial charge in [-0.1, -0.05) is 12.1 Å². The standard InChI is InChI=1S/C14H14O4S/c1-19-11-5-2-10(3-6-11)4-7-13(15)18-12-8-9-17-14(12)16/h2-7,12H,8-9H2,1H3. The highest BCUT2D eigenvalue weighted by Gasteiger charge is 2.29. The van der Waals surface area contributed by atoms with Crippen LogP contribution < -0.4 is 0 Å². The van der Waals surface area contributed by atoms with E-state index in [1.807, 2.05) is 30.5 Å². The van der Waals surface area contributed by atoms with Gasteiger partial charge in [-0.25, -0.2) is 9.59 Å². The van der Waals surface area contributed by atoms with Crippen LogP contribution >= 0.6 is 11.8 Å². The van der Waals surface area contributed by atoms with Crippen molar-refractivity contribution >= 4 is 29.8 Å². The third kappa shape index (κ3) is 3.86. The van der Waals surface area contributed by atoms with Crippen molar-refractivity contribution < 1.29 is 19.1 Å². The minimum Gasteiger partial charge on any atom is -0.463 e. The molecule has 19 heavy (non-hydrogen) atoms. The predicted molar refractivity (Wildman–Crippen MR) is 72.7 cm³/mol. The molecule has 1 atom stereocenters. The monoisotopic (exact) mass is 278 g/mol. The van der Waals surface area contributed by atoms with Gasteiger partial charge in [0.15, 0.2) is 0 Å². The van der Waals surface area contributed by atoms with Gasteiger partial charge >= 0.3 is 11.9 Å². The second-order valence-corrected chi connectivity index (χ2v) is 4.87. The van der Waals surface area contributed by atoms with Crippen LogP contribution in [0.3, 0.4) is 0 Å². The van der Waals surface area contributed by atoms with Gasteiger partial charge in [0, 0.05) is 17.4 Å². The van der Waals surface area contributed by atoms with Crippen molar-refractivity contribution in [2.75, 3.05) is 12.9 Å². The van der Waals surface area contributed by atoms with Crippen molar-refractivity contribution in [2.45, 2.75) is 17.4 Å². The molecule has 0 spiro atoms. The van der Waals surface area contributed by atoms with Gasteiger partial charge in [0.25, 0.3) is 0 Å². The fourth-order valence-electron chi connectivity index (χ4n) is 1.64. The molecule has 1 aliphatic heterocycles. The number of rotatable bonds is 4. The van der Waals surface area contributed by atoms with Gasteiger partial charge < -0.3 is 9.47 Å². The minimum absolute atomic E-state index is 0.316. The summed E-state index contributed by atoms with van der Waals surface area (Å²) in [5.74, 6) is -0.996. The lowest BCUT2D eigenvalue weighted by molar-refractivity contribution is -0.156. The lowest BCUT2D eigenvalue weighted by Crippen LogP contribution is -2.21. The molecule has 100 valence electrons. The van der Waals surface area contributed by atoms with E-state index in [-0.39, 0.29) is 0 Å². The predicted octanol–water partition coefficient (Wildman–Crippen LogP) is 2.28. The van der Waals surface area contributed by atoms with E-state index in [0.717, 1.165) is 10.5 Å². The number of cyclic esters (lactones) is 1. The van der Waals surface area contributed by atoms with E-state index in [1.54, 1.807) is 17.8 Å². The van der Waals surface area contributed by atoms with Crippen LogP contribution in [-0.2, 0) is 19.1 Å². The molecule has 0 saturated carbocycles. The Morgan fingerprint density at radius 1 is 1.42 bits per heavy atom. The maximum atomic E-state index is 11.5. The van der Waals surface area contributed by atoms with Crippen molar-refractivity contribution in [2.24, 2.45) is 0 Å². The Morgan fingerprint density at radius 3 is 2.74 bits per heavy atom. The maximum Gasteiger partial charge on any atom is 0.347 e. The molecule has 0 aromatic heterocycles. The van der Waals surface area contributed by atoms with Crippen molar-refractivity contribution in [3.05, 3.63) is 35.9 Å². The van der Waals surface area contributed by atoms with Gasteiger partial charge in [-0.15, -0.1) is 11.8 Å². The van der Waals surface area contributed by atoms with Crippen molar-refractivity contribution in [3.8, 4) is 0 Å². The van der Waals surface area contributed by atoms with E-state index in [9.17, 15) is 9.59 Å². The fraction of sp³-hybridized carbons (Fsp3) is 0.286. The Hall–Kier alpha value is -1.75. The van der Waals surface area contributed by atoms with E-state index in [2.05, 4.69) is 0 Å². The topological polar surface area (TPSA) is 52.6 Å². The van der Waals surface area contributed by atoms with Gasteiger partial charge in [-0.3, -0.25) is 0 Å². The molecule has 1 aromatic rings. The van der Waals surface area contributed by atoms with Crippen LogP contribution in [0.2, 0.25) is 0 Å². The van der Waals surface area contributed by atoms with Crippen molar-refractivity contribution in [1.82, 2.24) is 0 Å². The normalized spacial score (nSPS) is 18.6. The zero-order valence-electron chi connectivity index (χ0n) is 10.5. The molecule has 2 rings (SSSR count). The molecule has 1 saturated heterocycles. The molecule has 0 radical (unpaired) electrons. The number of carbonyl (C=O) groups excluding carboxylic acids is 2. The first-order valence-electron chi connectivity index (χ1n) is 5.88. The largest absolute Gasteiger partial charge is 0.463 e. The highest BCUT2D eigenvalue weighted by atomic mass is 32.2. The maximum absolute atomic E-state index is 11.5. The Labute approximate surface area is 115 Å². The molecule has 1 aromatic carbocycles. The molecular weight excluding hydrogens is 264 g/mol. The summed E-state index contributed by atoms with van der Waals surface area (Å²) in [5.41, 5.74) is 0.906. The summed E-state index contributed by atoms with van der Waals surface area (Å²) in [7, 11) is 0. The summed E-state index contributed by atoms with van der Waals surface area (Å²) in [6.07, 6.45) is 4.66. The zero-order valence-corrected chi connectivity index (χ0v) is 11.3. The molecule has 0 bridgehead atoms. The Bertz CT molecular complexity index is 493. The number of esters is 2.